The fraction of sp³-hybridized carbons (Fsp3) is 0.0690. The average Bonchev–Trinajstić information content (AvgIpc) is 3.99. The Kier molecular flexibility index (Phi) is 6.94. The first-order chi connectivity index (χ1) is 29.5. The topological polar surface area (TPSA) is 3.24 Å². The number of rotatable bonds is 4. The molecule has 0 bridgehead atoms. The molecular formula is C58H39NS. The Morgan fingerprint density at radius 1 is 0.367 bits per heavy atom. The lowest BCUT2D eigenvalue weighted by molar-refractivity contribution is 0.660. The van der Waals surface area contributed by atoms with Crippen molar-refractivity contribution in [2.45, 2.75) is 24.7 Å². The van der Waals surface area contributed by atoms with Gasteiger partial charge in [-0.1, -0.05) is 166 Å². The van der Waals surface area contributed by atoms with Gasteiger partial charge in [0.05, 0.1) is 11.1 Å². The first kappa shape index (κ1) is 33.9. The Balaban J connectivity index is 0.983. The van der Waals surface area contributed by atoms with Crippen LogP contribution >= 0.6 is 11.3 Å². The summed E-state index contributed by atoms with van der Waals surface area (Å²) in [5, 5.41) is 2.59. The molecule has 10 aromatic rings. The van der Waals surface area contributed by atoms with Crippen molar-refractivity contribution in [1.29, 1.82) is 0 Å². The average molecular weight is 782 g/mol. The summed E-state index contributed by atoms with van der Waals surface area (Å²) < 4.78 is 2.61. The molecule has 3 aliphatic rings. The molecule has 282 valence electrons. The fourth-order valence-electron chi connectivity index (χ4n) is 11.3. The van der Waals surface area contributed by atoms with E-state index >= 15 is 0 Å². The third-order valence-electron chi connectivity index (χ3n) is 13.9. The monoisotopic (exact) mass is 781 g/mol. The molecule has 0 N–H and O–H groups in total. The number of benzene rings is 9. The lowest BCUT2D eigenvalue weighted by Crippen LogP contribution is -2.25. The molecule has 1 nitrogen and oxygen atoms in total. The largest absolute Gasteiger partial charge is 0.310 e. The minimum absolute atomic E-state index is 0.108. The van der Waals surface area contributed by atoms with Crippen molar-refractivity contribution >= 4 is 48.6 Å². The van der Waals surface area contributed by atoms with Gasteiger partial charge in [-0.2, -0.15) is 0 Å². The van der Waals surface area contributed by atoms with Gasteiger partial charge in [-0.3, -0.25) is 0 Å². The van der Waals surface area contributed by atoms with Crippen LogP contribution in [0, 0.1) is 0 Å². The molecule has 60 heavy (non-hydrogen) atoms. The van der Waals surface area contributed by atoms with Crippen LogP contribution in [0.15, 0.2) is 200 Å². The Bertz CT molecular complexity index is 3360. The highest BCUT2D eigenvalue weighted by atomic mass is 32.1. The SMILES string of the molecule is CC1(C)c2ccccc2-c2ccc(N(c3ccc(-c4ccc5c(c4)C4(c6ccccc6-c6ccccc64)c4ccccc4-5)cc3)c3cccc4sc5ccccc5c34)cc21. The van der Waals surface area contributed by atoms with E-state index < -0.39 is 0 Å². The summed E-state index contributed by atoms with van der Waals surface area (Å²) in [7, 11) is 0. The normalized spacial score (nSPS) is 14.4. The lowest BCUT2D eigenvalue weighted by atomic mass is 9.70. The van der Waals surface area contributed by atoms with E-state index in [4.69, 9.17) is 0 Å². The molecule has 0 amide bonds. The molecule has 9 aromatic carbocycles. The molecule has 0 radical (unpaired) electrons. The maximum Gasteiger partial charge on any atom is 0.0725 e. The van der Waals surface area contributed by atoms with Crippen molar-refractivity contribution in [1.82, 2.24) is 0 Å². The zero-order valence-electron chi connectivity index (χ0n) is 33.4. The molecule has 13 rings (SSSR count). The number of nitrogens with zero attached hydrogens (tertiary/aromatic N) is 1. The highest BCUT2D eigenvalue weighted by Gasteiger charge is 2.51. The molecule has 1 spiro atoms. The van der Waals surface area contributed by atoms with E-state index in [1.807, 2.05) is 11.3 Å². The Labute approximate surface area is 354 Å². The van der Waals surface area contributed by atoms with Gasteiger partial charge in [0.1, 0.15) is 0 Å². The molecule has 1 aromatic heterocycles. The van der Waals surface area contributed by atoms with E-state index in [2.05, 4.69) is 219 Å². The smallest absolute Gasteiger partial charge is 0.0725 e. The second kappa shape index (κ2) is 12.3. The van der Waals surface area contributed by atoms with Crippen LogP contribution in [0.4, 0.5) is 17.1 Å². The van der Waals surface area contributed by atoms with E-state index in [0.717, 1.165) is 5.69 Å². The first-order valence-corrected chi connectivity index (χ1v) is 21.8. The van der Waals surface area contributed by atoms with Gasteiger partial charge in [-0.05, 0) is 126 Å². The van der Waals surface area contributed by atoms with Gasteiger partial charge in [-0.25, -0.2) is 0 Å². The third-order valence-corrected chi connectivity index (χ3v) is 15.0. The maximum atomic E-state index is 2.49. The van der Waals surface area contributed by atoms with Crippen LogP contribution in [-0.4, -0.2) is 0 Å². The van der Waals surface area contributed by atoms with Gasteiger partial charge in [0.15, 0.2) is 0 Å². The van der Waals surface area contributed by atoms with E-state index in [9.17, 15) is 0 Å². The van der Waals surface area contributed by atoms with Crippen LogP contribution in [0.3, 0.4) is 0 Å². The van der Waals surface area contributed by atoms with E-state index in [1.165, 1.54) is 109 Å². The number of hydrogen-bond acceptors (Lipinski definition) is 2. The molecule has 0 unspecified atom stereocenters. The van der Waals surface area contributed by atoms with Crippen molar-refractivity contribution in [3.63, 3.8) is 0 Å². The molecule has 0 aliphatic heterocycles. The zero-order valence-corrected chi connectivity index (χ0v) is 34.2. The van der Waals surface area contributed by atoms with Gasteiger partial charge in [0.25, 0.3) is 0 Å². The Morgan fingerprint density at radius 2 is 0.867 bits per heavy atom. The summed E-state index contributed by atoms with van der Waals surface area (Å²) in [6.45, 7) is 4.74. The molecule has 0 atom stereocenters. The van der Waals surface area contributed by atoms with Gasteiger partial charge >= 0.3 is 0 Å². The second-order valence-electron chi connectivity index (χ2n) is 17.2. The highest BCUT2D eigenvalue weighted by Crippen LogP contribution is 2.63. The van der Waals surface area contributed by atoms with Crippen LogP contribution in [0.1, 0.15) is 47.2 Å². The van der Waals surface area contributed by atoms with E-state index in [-0.39, 0.29) is 10.8 Å². The molecule has 3 aliphatic carbocycles. The predicted molar refractivity (Wildman–Crippen MR) is 253 cm³/mol. The summed E-state index contributed by atoms with van der Waals surface area (Å²) in [6, 6.07) is 75.3. The maximum absolute atomic E-state index is 2.49. The van der Waals surface area contributed by atoms with Crippen LogP contribution in [-0.2, 0) is 10.8 Å². The summed E-state index contributed by atoms with van der Waals surface area (Å²) in [5.74, 6) is 0. The van der Waals surface area contributed by atoms with Gasteiger partial charge in [0.2, 0.25) is 0 Å². The minimum atomic E-state index is -0.366. The second-order valence-corrected chi connectivity index (χ2v) is 18.3. The highest BCUT2D eigenvalue weighted by molar-refractivity contribution is 7.26. The number of fused-ring (bicyclic) bond motifs is 16. The van der Waals surface area contributed by atoms with E-state index in [0.29, 0.717) is 0 Å². The van der Waals surface area contributed by atoms with Crippen molar-refractivity contribution in [2.24, 2.45) is 0 Å². The molecule has 0 saturated heterocycles. The van der Waals surface area contributed by atoms with Crippen molar-refractivity contribution in [2.75, 3.05) is 4.90 Å². The summed E-state index contributed by atoms with van der Waals surface area (Å²) in [5.41, 5.74) is 21.7. The van der Waals surface area contributed by atoms with Gasteiger partial charge < -0.3 is 4.90 Å². The summed E-state index contributed by atoms with van der Waals surface area (Å²) in [6.07, 6.45) is 0. The van der Waals surface area contributed by atoms with Gasteiger partial charge in [0, 0.05) is 37.0 Å². The van der Waals surface area contributed by atoms with Crippen LogP contribution in [0.25, 0.3) is 64.7 Å². The summed E-state index contributed by atoms with van der Waals surface area (Å²) in [4.78, 5) is 2.49. The number of anilines is 3. The molecular weight excluding hydrogens is 743 g/mol. The van der Waals surface area contributed by atoms with Crippen molar-refractivity contribution in [3.05, 3.63) is 234 Å². The van der Waals surface area contributed by atoms with Crippen LogP contribution in [0.2, 0.25) is 0 Å². The zero-order chi connectivity index (χ0) is 39.7. The van der Waals surface area contributed by atoms with E-state index in [1.54, 1.807) is 0 Å². The molecule has 0 fully saturated rings. The third kappa shape index (κ3) is 4.41. The quantitative estimate of drug-likeness (QED) is 0.172. The number of hydrogen-bond donors (Lipinski definition) is 0. The summed E-state index contributed by atoms with van der Waals surface area (Å²) >= 11 is 1.87. The van der Waals surface area contributed by atoms with Gasteiger partial charge in [-0.15, -0.1) is 11.3 Å². The predicted octanol–water partition coefficient (Wildman–Crippen LogP) is 15.8. The molecule has 0 saturated carbocycles. The lowest BCUT2D eigenvalue weighted by Gasteiger charge is -2.30. The molecule has 2 heteroatoms. The molecule has 1 heterocycles. The van der Waals surface area contributed by atoms with Crippen LogP contribution < -0.4 is 4.90 Å². The minimum Gasteiger partial charge on any atom is -0.310 e. The Hall–Kier alpha value is -7.00. The fourth-order valence-corrected chi connectivity index (χ4v) is 12.4. The Morgan fingerprint density at radius 3 is 1.55 bits per heavy atom. The van der Waals surface area contributed by atoms with Crippen LogP contribution in [0.5, 0.6) is 0 Å². The standard InChI is InChI=1S/C58H39NS/c1-57(2)47-19-8-3-14-40(47)44-33-31-39(35-51(44)57)59(53-23-13-25-55-56(53)46-18-7-12-24-54(46)60-55)38-29-26-36(27-30-38)37-28-32-45-43-17-6-11-22-50(43)58(52(45)34-37)48-20-9-4-15-41(48)42-16-5-10-21-49(42)58/h3-35H,1-2H3. The van der Waals surface area contributed by atoms with Crippen molar-refractivity contribution < 1.29 is 0 Å². The first-order valence-electron chi connectivity index (χ1n) is 21.0. The number of thiophene rings is 1. The van der Waals surface area contributed by atoms with Crippen molar-refractivity contribution in [3.8, 4) is 44.5 Å².